The summed E-state index contributed by atoms with van der Waals surface area (Å²) < 4.78 is 5.05. The van der Waals surface area contributed by atoms with Crippen molar-refractivity contribution in [1.29, 1.82) is 0 Å². The van der Waals surface area contributed by atoms with Crippen molar-refractivity contribution < 1.29 is 4.74 Å². The molecule has 1 saturated heterocycles. The molecule has 1 aromatic heterocycles. The Morgan fingerprint density at radius 1 is 1.39 bits per heavy atom. The van der Waals surface area contributed by atoms with Gasteiger partial charge in [0.05, 0.1) is 7.11 Å². The summed E-state index contributed by atoms with van der Waals surface area (Å²) in [5, 5.41) is 3.61. The molecule has 0 aromatic carbocycles. The quantitative estimate of drug-likeness (QED) is 0.861. The molecule has 18 heavy (non-hydrogen) atoms. The molecule has 0 aliphatic carbocycles. The molecule has 0 radical (unpaired) electrons. The Morgan fingerprint density at radius 2 is 2.17 bits per heavy atom. The first kappa shape index (κ1) is 13.3. The van der Waals surface area contributed by atoms with E-state index in [4.69, 9.17) is 4.74 Å². The van der Waals surface area contributed by atoms with Crippen molar-refractivity contribution in [3.05, 3.63) is 23.9 Å². The number of hydrogen-bond donors (Lipinski definition) is 1. The van der Waals surface area contributed by atoms with Crippen LogP contribution in [0.2, 0.25) is 0 Å². The van der Waals surface area contributed by atoms with Crippen molar-refractivity contribution in [2.75, 3.05) is 26.7 Å². The second kappa shape index (κ2) is 6.71. The van der Waals surface area contributed by atoms with Crippen molar-refractivity contribution in [3.63, 3.8) is 0 Å². The molecule has 0 amide bonds. The molecule has 0 unspecified atom stereocenters. The van der Waals surface area contributed by atoms with E-state index in [2.05, 4.69) is 28.2 Å². The number of methoxy groups -OCH3 is 1. The second-order valence-electron chi connectivity index (χ2n) is 4.80. The predicted octanol–water partition coefficient (Wildman–Crippen LogP) is 1.66. The van der Waals surface area contributed by atoms with Crippen LogP contribution in [0, 0.1) is 0 Å². The first-order valence-electron chi connectivity index (χ1n) is 6.76. The highest BCUT2D eigenvalue weighted by Gasteiger charge is 2.17. The van der Waals surface area contributed by atoms with Crippen LogP contribution in [0.3, 0.4) is 0 Å². The van der Waals surface area contributed by atoms with Gasteiger partial charge in [-0.3, -0.25) is 0 Å². The number of likely N-dealkylation sites (tertiary alicyclic amines) is 1. The van der Waals surface area contributed by atoms with E-state index in [0.717, 1.165) is 6.54 Å². The SMILES string of the molecule is CCN1CCC(NCc2ccc(OC)nc2)CC1. The van der Waals surface area contributed by atoms with Gasteiger partial charge in [0.1, 0.15) is 0 Å². The second-order valence-corrected chi connectivity index (χ2v) is 4.80. The van der Waals surface area contributed by atoms with E-state index in [0.29, 0.717) is 11.9 Å². The van der Waals surface area contributed by atoms with Gasteiger partial charge >= 0.3 is 0 Å². The standard InChI is InChI=1S/C14H23N3O/c1-3-17-8-6-13(7-9-17)15-10-12-4-5-14(18-2)16-11-12/h4-5,11,13,15H,3,6-10H2,1-2H3. The number of rotatable bonds is 5. The summed E-state index contributed by atoms with van der Waals surface area (Å²) in [6, 6.07) is 4.63. The zero-order valence-electron chi connectivity index (χ0n) is 11.4. The third-order valence-electron chi connectivity index (χ3n) is 3.64. The monoisotopic (exact) mass is 249 g/mol. The number of ether oxygens (including phenoxy) is 1. The maximum Gasteiger partial charge on any atom is 0.212 e. The van der Waals surface area contributed by atoms with Gasteiger partial charge in [-0.1, -0.05) is 13.0 Å². The molecule has 0 atom stereocenters. The lowest BCUT2D eigenvalue weighted by atomic mass is 10.0. The third kappa shape index (κ3) is 3.68. The summed E-state index contributed by atoms with van der Waals surface area (Å²) >= 11 is 0. The Kier molecular flexibility index (Phi) is 4.96. The van der Waals surface area contributed by atoms with Crippen LogP contribution in [0.25, 0.3) is 0 Å². The number of piperidine rings is 1. The van der Waals surface area contributed by atoms with Crippen LogP contribution in [-0.4, -0.2) is 42.7 Å². The smallest absolute Gasteiger partial charge is 0.212 e. The van der Waals surface area contributed by atoms with E-state index in [1.165, 1.54) is 38.0 Å². The summed E-state index contributed by atoms with van der Waals surface area (Å²) in [4.78, 5) is 6.72. The number of aromatic nitrogens is 1. The highest BCUT2D eigenvalue weighted by atomic mass is 16.5. The third-order valence-corrected chi connectivity index (χ3v) is 3.64. The fraction of sp³-hybridized carbons (Fsp3) is 0.643. The fourth-order valence-corrected chi connectivity index (χ4v) is 2.35. The summed E-state index contributed by atoms with van der Waals surface area (Å²) in [6.45, 7) is 6.74. The van der Waals surface area contributed by atoms with Crippen LogP contribution >= 0.6 is 0 Å². The zero-order chi connectivity index (χ0) is 12.8. The molecule has 100 valence electrons. The lowest BCUT2D eigenvalue weighted by Gasteiger charge is -2.31. The molecule has 1 aromatic rings. The van der Waals surface area contributed by atoms with Gasteiger partial charge in [0, 0.05) is 24.8 Å². The molecule has 1 N–H and O–H groups in total. The summed E-state index contributed by atoms with van der Waals surface area (Å²) in [7, 11) is 1.64. The van der Waals surface area contributed by atoms with Crippen molar-refractivity contribution >= 4 is 0 Å². The topological polar surface area (TPSA) is 37.4 Å². The Labute approximate surface area is 109 Å². The maximum absolute atomic E-state index is 5.05. The van der Waals surface area contributed by atoms with E-state index in [1.54, 1.807) is 7.11 Å². The van der Waals surface area contributed by atoms with E-state index < -0.39 is 0 Å². The highest BCUT2D eigenvalue weighted by Crippen LogP contribution is 2.11. The number of hydrogen-bond acceptors (Lipinski definition) is 4. The molecule has 4 nitrogen and oxygen atoms in total. The Hall–Kier alpha value is -1.13. The van der Waals surface area contributed by atoms with Gasteiger partial charge < -0.3 is 15.0 Å². The molecule has 0 bridgehead atoms. The minimum absolute atomic E-state index is 0.648. The average molecular weight is 249 g/mol. The maximum atomic E-state index is 5.05. The first-order valence-corrected chi connectivity index (χ1v) is 6.76. The van der Waals surface area contributed by atoms with Gasteiger partial charge in [-0.05, 0) is 38.0 Å². The molecule has 2 rings (SSSR count). The van der Waals surface area contributed by atoms with E-state index in [9.17, 15) is 0 Å². The Bertz CT molecular complexity index is 345. The minimum atomic E-state index is 0.648. The van der Waals surface area contributed by atoms with Crippen LogP contribution < -0.4 is 10.1 Å². The average Bonchev–Trinajstić information content (AvgIpc) is 2.46. The van der Waals surface area contributed by atoms with Crippen LogP contribution in [0.4, 0.5) is 0 Å². The van der Waals surface area contributed by atoms with Crippen LogP contribution in [-0.2, 0) is 6.54 Å². The van der Waals surface area contributed by atoms with Crippen molar-refractivity contribution in [1.82, 2.24) is 15.2 Å². The van der Waals surface area contributed by atoms with Crippen molar-refractivity contribution in [2.24, 2.45) is 0 Å². The number of pyridine rings is 1. The molecular weight excluding hydrogens is 226 g/mol. The molecule has 2 heterocycles. The largest absolute Gasteiger partial charge is 0.481 e. The van der Waals surface area contributed by atoms with E-state index in [1.807, 2.05) is 12.3 Å². The minimum Gasteiger partial charge on any atom is -0.481 e. The van der Waals surface area contributed by atoms with Crippen molar-refractivity contribution in [3.8, 4) is 5.88 Å². The van der Waals surface area contributed by atoms with Gasteiger partial charge in [0.25, 0.3) is 0 Å². The normalized spacial score (nSPS) is 17.9. The number of nitrogens with one attached hydrogen (secondary N) is 1. The van der Waals surface area contributed by atoms with Crippen LogP contribution in [0.1, 0.15) is 25.3 Å². The summed E-state index contributed by atoms with van der Waals surface area (Å²) in [6.07, 6.45) is 4.38. The fourth-order valence-electron chi connectivity index (χ4n) is 2.35. The number of nitrogens with zero attached hydrogens (tertiary/aromatic N) is 2. The highest BCUT2D eigenvalue weighted by molar-refractivity contribution is 5.17. The van der Waals surface area contributed by atoms with E-state index >= 15 is 0 Å². The predicted molar refractivity (Wildman–Crippen MR) is 72.8 cm³/mol. The van der Waals surface area contributed by atoms with Gasteiger partial charge in [0.2, 0.25) is 5.88 Å². The van der Waals surface area contributed by atoms with E-state index in [-0.39, 0.29) is 0 Å². The van der Waals surface area contributed by atoms with Crippen LogP contribution in [0.15, 0.2) is 18.3 Å². The molecule has 4 heteroatoms. The first-order chi connectivity index (χ1) is 8.81. The van der Waals surface area contributed by atoms with Crippen molar-refractivity contribution in [2.45, 2.75) is 32.4 Å². The van der Waals surface area contributed by atoms with Gasteiger partial charge in [-0.15, -0.1) is 0 Å². The summed E-state index contributed by atoms with van der Waals surface area (Å²) in [5.41, 5.74) is 1.22. The molecule has 0 saturated carbocycles. The molecular formula is C14H23N3O. The van der Waals surface area contributed by atoms with Gasteiger partial charge in [-0.25, -0.2) is 4.98 Å². The van der Waals surface area contributed by atoms with Crippen LogP contribution in [0.5, 0.6) is 5.88 Å². The molecule has 1 aliphatic rings. The molecule has 1 aliphatic heterocycles. The lowest BCUT2D eigenvalue weighted by Crippen LogP contribution is -2.42. The molecule has 1 fully saturated rings. The molecule has 0 spiro atoms. The summed E-state index contributed by atoms with van der Waals surface area (Å²) in [5.74, 6) is 0.676. The Balaban J connectivity index is 1.74. The Morgan fingerprint density at radius 3 is 2.72 bits per heavy atom. The van der Waals surface area contributed by atoms with Gasteiger partial charge in [-0.2, -0.15) is 0 Å². The zero-order valence-corrected chi connectivity index (χ0v) is 11.4. The van der Waals surface area contributed by atoms with Gasteiger partial charge in [0.15, 0.2) is 0 Å². The lowest BCUT2D eigenvalue weighted by molar-refractivity contribution is 0.206.